The van der Waals surface area contributed by atoms with Gasteiger partial charge in [0.2, 0.25) is 5.78 Å². The average molecular weight is 189 g/mol. The number of aromatic nitrogens is 3. The summed E-state index contributed by atoms with van der Waals surface area (Å²) in [6.45, 7) is 0.172. The minimum Gasteiger partial charge on any atom is -0.396 e. The molecule has 0 unspecified atom stereocenters. The van der Waals surface area contributed by atoms with Crippen LogP contribution in [0.25, 0.3) is 11.9 Å². The molecule has 4 nitrogen and oxygen atoms in total. The molecule has 0 spiro atoms. The lowest BCUT2D eigenvalue weighted by molar-refractivity contribution is 0.303. The number of aliphatic hydroxyl groups excluding tert-OH is 1. The van der Waals surface area contributed by atoms with Gasteiger partial charge in [-0.25, -0.2) is 9.97 Å². The fourth-order valence-corrected chi connectivity index (χ4v) is 1.25. The van der Waals surface area contributed by atoms with Crippen LogP contribution in [0.1, 0.15) is 12.1 Å². The van der Waals surface area contributed by atoms with Crippen LogP contribution in [0.2, 0.25) is 0 Å². The van der Waals surface area contributed by atoms with Gasteiger partial charge in [0.1, 0.15) is 0 Å². The van der Waals surface area contributed by atoms with E-state index in [4.69, 9.17) is 5.11 Å². The third-order valence-electron chi connectivity index (χ3n) is 1.90. The lowest BCUT2D eigenvalue weighted by Gasteiger charge is -1.93. The zero-order chi connectivity index (χ0) is 9.80. The van der Waals surface area contributed by atoms with Crippen molar-refractivity contribution in [1.82, 2.24) is 14.4 Å². The van der Waals surface area contributed by atoms with Crippen LogP contribution in [0.15, 0.2) is 30.7 Å². The second kappa shape index (κ2) is 4.02. The minimum atomic E-state index is 0.172. The smallest absolute Gasteiger partial charge is 0.234 e. The molecule has 0 aliphatic rings. The lowest BCUT2D eigenvalue weighted by Crippen LogP contribution is -1.88. The Morgan fingerprint density at radius 3 is 3.21 bits per heavy atom. The molecule has 0 saturated heterocycles. The van der Waals surface area contributed by atoms with E-state index in [9.17, 15) is 0 Å². The van der Waals surface area contributed by atoms with Gasteiger partial charge in [-0.2, -0.15) is 0 Å². The normalized spacial score (nSPS) is 11.5. The molecule has 0 radical (unpaired) electrons. The van der Waals surface area contributed by atoms with Gasteiger partial charge in [0.05, 0.1) is 11.9 Å². The molecular formula is C10H11N3O. The van der Waals surface area contributed by atoms with E-state index in [1.807, 2.05) is 28.8 Å². The van der Waals surface area contributed by atoms with Gasteiger partial charge < -0.3 is 5.11 Å². The summed E-state index contributed by atoms with van der Waals surface area (Å²) in [6, 6.07) is 1.86. The molecule has 0 aromatic carbocycles. The molecular weight excluding hydrogens is 178 g/mol. The molecule has 0 aliphatic carbocycles. The predicted molar refractivity (Wildman–Crippen MR) is 53.7 cm³/mol. The molecule has 1 N–H and O–H groups in total. The zero-order valence-corrected chi connectivity index (χ0v) is 7.67. The second-order valence-electron chi connectivity index (χ2n) is 2.89. The SMILES string of the molecule is OCCC=Cc1cnc2ncccn12. The standard InChI is InChI=1S/C10H11N3O/c14-7-2-1-4-9-8-12-10-11-5-3-6-13(9)10/h1,3-6,8,14H,2,7H2. The first-order valence-corrected chi connectivity index (χ1v) is 4.47. The summed E-state index contributed by atoms with van der Waals surface area (Å²) in [5.74, 6) is 0.691. The number of nitrogens with zero attached hydrogens (tertiary/aromatic N) is 3. The summed E-state index contributed by atoms with van der Waals surface area (Å²) in [5.41, 5.74) is 0.974. The van der Waals surface area contributed by atoms with Gasteiger partial charge in [0.25, 0.3) is 0 Å². The van der Waals surface area contributed by atoms with Crippen molar-refractivity contribution in [3.63, 3.8) is 0 Å². The monoisotopic (exact) mass is 189 g/mol. The van der Waals surface area contributed by atoms with Crippen molar-refractivity contribution in [1.29, 1.82) is 0 Å². The van der Waals surface area contributed by atoms with Crippen molar-refractivity contribution in [2.75, 3.05) is 6.61 Å². The summed E-state index contributed by atoms with van der Waals surface area (Å²) < 4.78 is 1.90. The van der Waals surface area contributed by atoms with Crippen LogP contribution in [0.3, 0.4) is 0 Å². The zero-order valence-electron chi connectivity index (χ0n) is 7.67. The maximum atomic E-state index is 8.62. The number of rotatable bonds is 3. The molecule has 14 heavy (non-hydrogen) atoms. The van der Waals surface area contributed by atoms with Crippen molar-refractivity contribution < 1.29 is 5.11 Å². The van der Waals surface area contributed by atoms with Crippen LogP contribution in [0.4, 0.5) is 0 Å². The Morgan fingerprint density at radius 2 is 2.36 bits per heavy atom. The highest BCUT2D eigenvalue weighted by molar-refractivity contribution is 5.49. The molecule has 2 rings (SSSR count). The Labute approximate surface area is 81.6 Å². The van der Waals surface area contributed by atoms with Crippen LogP contribution < -0.4 is 0 Å². The molecule has 2 aromatic heterocycles. The largest absolute Gasteiger partial charge is 0.396 e. The quantitative estimate of drug-likeness (QED) is 0.787. The molecule has 2 heterocycles. The van der Waals surface area contributed by atoms with E-state index in [1.54, 1.807) is 12.4 Å². The van der Waals surface area contributed by atoms with Crippen molar-refractivity contribution in [3.05, 3.63) is 36.4 Å². The Morgan fingerprint density at radius 1 is 1.43 bits per heavy atom. The first-order valence-electron chi connectivity index (χ1n) is 4.47. The van der Waals surface area contributed by atoms with Gasteiger partial charge in [-0.15, -0.1) is 0 Å². The van der Waals surface area contributed by atoms with E-state index in [2.05, 4.69) is 9.97 Å². The number of aliphatic hydroxyl groups is 1. The van der Waals surface area contributed by atoms with E-state index in [0.29, 0.717) is 12.2 Å². The predicted octanol–water partition coefficient (Wildman–Crippen LogP) is 1.12. The van der Waals surface area contributed by atoms with Crippen molar-refractivity contribution >= 4 is 11.9 Å². The first kappa shape index (κ1) is 8.90. The summed E-state index contributed by atoms with van der Waals surface area (Å²) >= 11 is 0. The Bertz CT molecular complexity index is 447. The van der Waals surface area contributed by atoms with Gasteiger partial charge in [0, 0.05) is 19.0 Å². The van der Waals surface area contributed by atoms with Crippen molar-refractivity contribution in [2.45, 2.75) is 6.42 Å². The van der Waals surface area contributed by atoms with Gasteiger partial charge in [-0.1, -0.05) is 6.08 Å². The van der Waals surface area contributed by atoms with Crippen molar-refractivity contribution in [3.8, 4) is 0 Å². The highest BCUT2D eigenvalue weighted by atomic mass is 16.2. The molecule has 0 amide bonds. The van der Waals surface area contributed by atoms with E-state index in [0.717, 1.165) is 5.69 Å². The van der Waals surface area contributed by atoms with Gasteiger partial charge in [-0.05, 0) is 18.6 Å². The molecule has 0 fully saturated rings. The molecule has 0 saturated carbocycles. The van der Waals surface area contributed by atoms with Crippen molar-refractivity contribution in [2.24, 2.45) is 0 Å². The molecule has 0 bridgehead atoms. The third kappa shape index (κ3) is 1.65. The maximum absolute atomic E-state index is 8.62. The number of hydrogen-bond acceptors (Lipinski definition) is 3. The Kier molecular flexibility index (Phi) is 2.55. The van der Waals surface area contributed by atoms with Crippen LogP contribution in [-0.4, -0.2) is 26.1 Å². The molecule has 0 aliphatic heterocycles. The lowest BCUT2D eigenvalue weighted by atomic mass is 10.3. The molecule has 0 atom stereocenters. The molecule has 4 heteroatoms. The highest BCUT2D eigenvalue weighted by Gasteiger charge is 1.97. The average Bonchev–Trinajstić information content (AvgIpc) is 2.63. The Balaban J connectivity index is 2.34. The van der Waals surface area contributed by atoms with E-state index < -0.39 is 0 Å². The summed E-state index contributed by atoms with van der Waals surface area (Å²) in [4.78, 5) is 8.23. The van der Waals surface area contributed by atoms with E-state index >= 15 is 0 Å². The number of imidazole rings is 1. The topological polar surface area (TPSA) is 50.4 Å². The highest BCUT2D eigenvalue weighted by Crippen LogP contribution is 2.05. The first-order chi connectivity index (χ1) is 6.92. The van der Waals surface area contributed by atoms with Gasteiger partial charge >= 0.3 is 0 Å². The number of hydrogen-bond donors (Lipinski definition) is 1. The summed E-state index contributed by atoms with van der Waals surface area (Å²) in [5, 5.41) is 8.62. The van der Waals surface area contributed by atoms with Gasteiger partial charge in [-0.3, -0.25) is 4.40 Å². The van der Waals surface area contributed by atoms with Crippen LogP contribution in [-0.2, 0) is 0 Å². The van der Waals surface area contributed by atoms with Gasteiger partial charge in [0.15, 0.2) is 0 Å². The van der Waals surface area contributed by atoms with E-state index in [-0.39, 0.29) is 6.61 Å². The minimum absolute atomic E-state index is 0.172. The Hall–Kier alpha value is -1.68. The van der Waals surface area contributed by atoms with Crippen LogP contribution >= 0.6 is 0 Å². The van der Waals surface area contributed by atoms with Crippen LogP contribution in [0.5, 0.6) is 0 Å². The van der Waals surface area contributed by atoms with E-state index in [1.165, 1.54) is 0 Å². The second-order valence-corrected chi connectivity index (χ2v) is 2.89. The fraction of sp³-hybridized carbons (Fsp3) is 0.200. The fourth-order valence-electron chi connectivity index (χ4n) is 1.25. The summed E-state index contributed by atoms with van der Waals surface area (Å²) in [6.07, 6.45) is 9.88. The maximum Gasteiger partial charge on any atom is 0.234 e. The summed E-state index contributed by atoms with van der Waals surface area (Å²) in [7, 11) is 0. The third-order valence-corrected chi connectivity index (χ3v) is 1.90. The molecule has 2 aromatic rings. The number of fused-ring (bicyclic) bond motifs is 1. The molecule has 72 valence electrons. The van der Waals surface area contributed by atoms with Crippen LogP contribution in [0, 0.1) is 0 Å².